The molecular weight excluding hydrogens is 274 g/mol. The monoisotopic (exact) mass is 293 g/mol. The van der Waals surface area contributed by atoms with E-state index in [1.165, 1.54) is 0 Å². The van der Waals surface area contributed by atoms with Crippen LogP contribution >= 0.6 is 12.2 Å². The maximum absolute atomic E-state index is 11.5. The first-order valence-electron chi connectivity index (χ1n) is 6.61. The Labute approximate surface area is 123 Å². The molecule has 1 aliphatic rings. The molecule has 1 amide bonds. The lowest BCUT2D eigenvalue weighted by Gasteiger charge is -2.13. The van der Waals surface area contributed by atoms with Crippen molar-refractivity contribution in [3.63, 3.8) is 0 Å². The number of nitrogens with two attached hydrogens (primary N) is 1. The highest BCUT2D eigenvalue weighted by atomic mass is 32.1. The first-order chi connectivity index (χ1) is 9.61. The average molecular weight is 293 g/mol. The van der Waals surface area contributed by atoms with E-state index in [1.807, 2.05) is 18.2 Å². The summed E-state index contributed by atoms with van der Waals surface area (Å²) < 4.78 is 5.18. The standard InChI is InChI=1S/C14H19N3O2S/c1-19-10-4-5-11(13(15)20)12(8-10)16-6-7-17-14(18)9-2-3-9/h4-5,8-9,16H,2-3,6-7H2,1H3,(H2,15,20)(H,17,18). The van der Waals surface area contributed by atoms with Crippen molar-refractivity contribution in [2.45, 2.75) is 12.8 Å². The first-order valence-corrected chi connectivity index (χ1v) is 7.02. The van der Waals surface area contributed by atoms with Crippen LogP contribution in [-0.4, -0.2) is 31.1 Å². The summed E-state index contributed by atoms with van der Waals surface area (Å²) in [6.45, 7) is 1.19. The van der Waals surface area contributed by atoms with Gasteiger partial charge < -0.3 is 21.1 Å². The van der Waals surface area contributed by atoms with Gasteiger partial charge in [-0.05, 0) is 25.0 Å². The molecule has 0 aliphatic heterocycles. The maximum atomic E-state index is 11.5. The van der Waals surface area contributed by atoms with Gasteiger partial charge in [-0.3, -0.25) is 4.79 Å². The minimum absolute atomic E-state index is 0.145. The molecule has 1 aromatic carbocycles. The molecule has 0 heterocycles. The summed E-state index contributed by atoms with van der Waals surface area (Å²) in [5, 5.41) is 6.12. The number of amides is 1. The molecule has 6 heteroatoms. The molecule has 1 fully saturated rings. The SMILES string of the molecule is COc1ccc(C(N)=S)c(NCCNC(=O)C2CC2)c1. The second-order valence-electron chi connectivity index (χ2n) is 4.77. The van der Waals surface area contributed by atoms with Crippen LogP contribution in [0, 0.1) is 5.92 Å². The number of hydrogen-bond acceptors (Lipinski definition) is 4. The Kier molecular flexibility index (Phi) is 4.79. The normalized spacial score (nSPS) is 13.7. The van der Waals surface area contributed by atoms with E-state index in [4.69, 9.17) is 22.7 Å². The van der Waals surface area contributed by atoms with Crippen molar-refractivity contribution in [3.05, 3.63) is 23.8 Å². The van der Waals surface area contributed by atoms with Crippen LogP contribution in [-0.2, 0) is 4.79 Å². The van der Waals surface area contributed by atoms with Crippen molar-refractivity contribution >= 4 is 28.8 Å². The molecule has 0 unspecified atom stereocenters. The second-order valence-corrected chi connectivity index (χ2v) is 5.21. The van der Waals surface area contributed by atoms with Gasteiger partial charge in [-0.1, -0.05) is 12.2 Å². The molecule has 0 radical (unpaired) electrons. The molecule has 0 bridgehead atoms. The largest absolute Gasteiger partial charge is 0.497 e. The fraction of sp³-hybridized carbons (Fsp3) is 0.429. The number of nitrogens with one attached hydrogen (secondary N) is 2. The van der Waals surface area contributed by atoms with Crippen LogP contribution in [0.4, 0.5) is 5.69 Å². The molecular formula is C14H19N3O2S. The van der Waals surface area contributed by atoms with Crippen LogP contribution in [0.2, 0.25) is 0 Å². The van der Waals surface area contributed by atoms with E-state index in [2.05, 4.69) is 10.6 Å². The van der Waals surface area contributed by atoms with Crippen molar-refractivity contribution in [3.8, 4) is 5.75 Å². The van der Waals surface area contributed by atoms with Gasteiger partial charge in [0.2, 0.25) is 5.91 Å². The van der Waals surface area contributed by atoms with E-state index in [0.29, 0.717) is 18.1 Å². The number of ether oxygens (including phenoxy) is 1. The van der Waals surface area contributed by atoms with Gasteiger partial charge in [-0.25, -0.2) is 0 Å². The van der Waals surface area contributed by atoms with Gasteiger partial charge in [-0.15, -0.1) is 0 Å². The van der Waals surface area contributed by atoms with E-state index in [9.17, 15) is 4.79 Å². The highest BCUT2D eigenvalue weighted by Crippen LogP contribution is 2.28. The lowest BCUT2D eigenvalue weighted by atomic mass is 10.1. The number of carbonyl (C=O) groups excluding carboxylic acids is 1. The second kappa shape index (κ2) is 6.56. The molecule has 0 saturated heterocycles. The highest BCUT2D eigenvalue weighted by Gasteiger charge is 2.28. The highest BCUT2D eigenvalue weighted by molar-refractivity contribution is 7.80. The molecule has 1 aromatic rings. The van der Waals surface area contributed by atoms with Gasteiger partial charge >= 0.3 is 0 Å². The third-order valence-corrected chi connectivity index (χ3v) is 3.40. The summed E-state index contributed by atoms with van der Waals surface area (Å²) in [5.41, 5.74) is 7.28. The Morgan fingerprint density at radius 3 is 2.80 bits per heavy atom. The summed E-state index contributed by atoms with van der Waals surface area (Å²) in [6, 6.07) is 5.48. The van der Waals surface area contributed by atoms with Crippen molar-refractivity contribution in [1.29, 1.82) is 0 Å². The molecule has 0 atom stereocenters. The van der Waals surface area contributed by atoms with Crippen molar-refractivity contribution < 1.29 is 9.53 Å². The molecule has 4 N–H and O–H groups in total. The average Bonchev–Trinajstić information content (AvgIpc) is 3.27. The minimum atomic E-state index is 0.145. The zero-order valence-electron chi connectivity index (χ0n) is 11.4. The zero-order chi connectivity index (χ0) is 14.5. The Bertz CT molecular complexity index is 515. The first kappa shape index (κ1) is 14.6. The summed E-state index contributed by atoms with van der Waals surface area (Å²) in [4.78, 5) is 11.8. The van der Waals surface area contributed by atoms with E-state index in [-0.39, 0.29) is 11.8 Å². The Morgan fingerprint density at radius 1 is 1.45 bits per heavy atom. The third kappa shape index (κ3) is 3.84. The van der Waals surface area contributed by atoms with Crippen molar-refractivity contribution in [1.82, 2.24) is 5.32 Å². The van der Waals surface area contributed by atoms with Crippen LogP contribution in [0.1, 0.15) is 18.4 Å². The summed E-state index contributed by atoms with van der Waals surface area (Å²) in [5.74, 6) is 1.11. The number of benzene rings is 1. The molecule has 5 nitrogen and oxygen atoms in total. The van der Waals surface area contributed by atoms with Crippen molar-refractivity contribution in [2.75, 3.05) is 25.5 Å². The smallest absolute Gasteiger partial charge is 0.223 e. The molecule has 2 rings (SSSR count). The van der Waals surface area contributed by atoms with Crippen LogP contribution in [0.5, 0.6) is 5.75 Å². The number of thiocarbonyl (C=S) groups is 1. The Morgan fingerprint density at radius 2 is 2.20 bits per heavy atom. The topological polar surface area (TPSA) is 76.4 Å². The van der Waals surface area contributed by atoms with Crippen molar-refractivity contribution in [2.24, 2.45) is 11.7 Å². The molecule has 1 aliphatic carbocycles. The fourth-order valence-corrected chi connectivity index (χ4v) is 2.06. The number of carbonyl (C=O) groups is 1. The summed E-state index contributed by atoms with van der Waals surface area (Å²) in [6.07, 6.45) is 2.03. The van der Waals surface area contributed by atoms with Crippen LogP contribution in [0.25, 0.3) is 0 Å². The van der Waals surface area contributed by atoms with Gasteiger partial charge in [0.25, 0.3) is 0 Å². The van der Waals surface area contributed by atoms with Gasteiger partial charge in [0.05, 0.1) is 7.11 Å². The Balaban J connectivity index is 1.89. The van der Waals surface area contributed by atoms with Gasteiger partial charge in [-0.2, -0.15) is 0 Å². The van der Waals surface area contributed by atoms with Crippen LogP contribution < -0.4 is 21.1 Å². The molecule has 1 saturated carbocycles. The van der Waals surface area contributed by atoms with Gasteiger partial charge in [0, 0.05) is 36.3 Å². The van der Waals surface area contributed by atoms with Crippen LogP contribution in [0.15, 0.2) is 18.2 Å². The zero-order valence-corrected chi connectivity index (χ0v) is 12.3. The van der Waals surface area contributed by atoms with Crippen LogP contribution in [0.3, 0.4) is 0 Å². The number of hydrogen-bond donors (Lipinski definition) is 3. The lowest BCUT2D eigenvalue weighted by Crippen LogP contribution is -2.30. The predicted octanol–water partition coefficient (Wildman–Crippen LogP) is 1.27. The van der Waals surface area contributed by atoms with E-state index in [0.717, 1.165) is 29.8 Å². The van der Waals surface area contributed by atoms with E-state index >= 15 is 0 Å². The van der Waals surface area contributed by atoms with E-state index < -0.39 is 0 Å². The predicted molar refractivity (Wildman–Crippen MR) is 83.1 cm³/mol. The number of methoxy groups -OCH3 is 1. The quantitative estimate of drug-likeness (QED) is 0.521. The third-order valence-electron chi connectivity index (χ3n) is 3.18. The lowest BCUT2D eigenvalue weighted by molar-refractivity contribution is -0.122. The van der Waals surface area contributed by atoms with E-state index in [1.54, 1.807) is 7.11 Å². The van der Waals surface area contributed by atoms with Gasteiger partial charge in [0.1, 0.15) is 10.7 Å². The fourth-order valence-electron chi connectivity index (χ4n) is 1.88. The summed E-state index contributed by atoms with van der Waals surface area (Å²) in [7, 11) is 1.61. The molecule has 108 valence electrons. The molecule has 0 aromatic heterocycles. The number of anilines is 1. The Hall–Kier alpha value is -1.82. The molecule has 20 heavy (non-hydrogen) atoms. The summed E-state index contributed by atoms with van der Waals surface area (Å²) >= 11 is 5.02. The maximum Gasteiger partial charge on any atom is 0.223 e. The number of rotatable bonds is 7. The van der Waals surface area contributed by atoms with Gasteiger partial charge in [0.15, 0.2) is 0 Å². The molecule has 0 spiro atoms. The minimum Gasteiger partial charge on any atom is -0.497 e.